The number of rotatable bonds is 11. The Morgan fingerprint density at radius 3 is 1.87 bits per heavy atom. The van der Waals surface area contributed by atoms with Gasteiger partial charge in [-0.15, -0.1) is 0 Å². The molecule has 0 saturated carbocycles. The van der Waals surface area contributed by atoms with E-state index in [0.717, 1.165) is 0 Å². The van der Waals surface area contributed by atoms with Crippen molar-refractivity contribution in [2.24, 2.45) is 0 Å². The molecule has 0 aromatic rings. The minimum absolute atomic E-state index is 0.121. The standard InChI is InChI=1S/C14H14F10O5S/c1-2-8(25)29-12(13(20,21)22,9(26)27-7-11(17,18)19)28-6-4-3-5-10(15,16)14(23,24)30/h2,30H,1,3-7H2. The fourth-order valence-electron chi connectivity index (χ4n) is 1.63. The molecule has 0 fully saturated rings. The van der Waals surface area contributed by atoms with Gasteiger partial charge in [0.25, 0.3) is 0 Å². The zero-order valence-electron chi connectivity index (χ0n) is 14.6. The Kier molecular flexibility index (Phi) is 9.49. The quantitative estimate of drug-likeness (QED) is 0.118. The first-order chi connectivity index (χ1) is 13.3. The number of carbonyl (C=O) groups is 2. The third kappa shape index (κ3) is 8.20. The van der Waals surface area contributed by atoms with Crippen molar-refractivity contribution in [1.29, 1.82) is 0 Å². The molecule has 0 rings (SSSR count). The van der Waals surface area contributed by atoms with Gasteiger partial charge in [0, 0.05) is 12.5 Å². The maximum atomic E-state index is 13.3. The Hall–Kier alpha value is -1.71. The van der Waals surface area contributed by atoms with Crippen LogP contribution in [0, 0.1) is 0 Å². The van der Waals surface area contributed by atoms with Crippen LogP contribution in [0.15, 0.2) is 12.7 Å². The lowest BCUT2D eigenvalue weighted by Gasteiger charge is -2.32. The second-order valence-electron chi connectivity index (χ2n) is 5.48. The summed E-state index contributed by atoms with van der Waals surface area (Å²) in [5.74, 6) is -14.1. The van der Waals surface area contributed by atoms with Gasteiger partial charge in [0.2, 0.25) is 0 Å². The molecule has 0 aliphatic heterocycles. The van der Waals surface area contributed by atoms with Gasteiger partial charge >= 0.3 is 41.3 Å². The Labute approximate surface area is 167 Å². The number of carbonyl (C=O) groups excluding carboxylic acids is 2. The van der Waals surface area contributed by atoms with E-state index < -0.39 is 73.7 Å². The van der Waals surface area contributed by atoms with Crippen LogP contribution in [-0.2, 0) is 23.8 Å². The normalized spacial score (nSPS) is 15.3. The minimum Gasteiger partial charge on any atom is -0.451 e. The van der Waals surface area contributed by atoms with Crippen molar-refractivity contribution < 1.29 is 67.7 Å². The maximum Gasteiger partial charge on any atom is 0.468 e. The summed E-state index contributed by atoms with van der Waals surface area (Å²) in [5, 5.41) is -4.73. The van der Waals surface area contributed by atoms with E-state index in [9.17, 15) is 53.5 Å². The molecule has 176 valence electrons. The minimum atomic E-state index is -5.98. The van der Waals surface area contributed by atoms with Gasteiger partial charge in [-0.3, -0.25) is 0 Å². The molecule has 5 nitrogen and oxygen atoms in total. The second-order valence-corrected chi connectivity index (χ2v) is 6.04. The van der Waals surface area contributed by atoms with Crippen molar-refractivity contribution in [3.63, 3.8) is 0 Å². The number of hydrogen-bond donors (Lipinski definition) is 1. The van der Waals surface area contributed by atoms with Crippen molar-refractivity contribution in [3.8, 4) is 0 Å². The average molecular weight is 484 g/mol. The molecule has 0 spiro atoms. The van der Waals surface area contributed by atoms with Gasteiger partial charge in [-0.1, -0.05) is 19.2 Å². The summed E-state index contributed by atoms with van der Waals surface area (Å²) in [7, 11) is 0. The highest BCUT2D eigenvalue weighted by atomic mass is 32.1. The highest BCUT2D eigenvalue weighted by molar-refractivity contribution is 7.81. The van der Waals surface area contributed by atoms with Crippen LogP contribution < -0.4 is 0 Å². The topological polar surface area (TPSA) is 61.8 Å². The zero-order valence-corrected chi connectivity index (χ0v) is 15.5. The Bertz CT molecular complexity index is 614. The van der Waals surface area contributed by atoms with Gasteiger partial charge < -0.3 is 14.2 Å². The molecule has 0 N–H and O–H groups in total. The molecular weight excluding hydrogens is 470 g/mol. The molecule has 0 amide bonds. The molecule has 0 aliphatic carbocycles. The average Bonchev–Trinajstić information content (AvgIpc) is 2.55. The highest BCUT2D eigenvalue weighted by Gasteiger charge is 2.68. The molecule has 0 saturated heterocycles. The van der Waals surface area contributed by atoms with E-state index in [-0.39, 0.29) is 6.08 Å². The van der Waals surface area contributed by atoms with Gasteiger partial charge in [0.1, 0.15) is 0 Å². The van der Waals surface area contributed by atoms with Crippen molar-refractivity contribution in [2.75, 3.05) is 13.2 Å². The number of unbranched alkanes of at least 4 members (excludes halogenated alkanes) is 1. The van der Waals surface area contributed by atoms with E-state index >= 15 is 0 Å². The Morgan fingerprint density at radius 2 is 1.47 bits per heavy atom. The van der Waals surface area contributed by atoms with E-state index in [0.29, 0.717) is 0 Å². The van der Waals surface area contributed by atoms with E-state index in [1.54, 1.807) is 0 Å². The molecule has 0 aliphatic rings. The van der Waals surface area contributed by atoms with Crippen molar-refractivity contribution in [1.82, 2.24) is 0 Å². The van der Waals surface area contributed by atoms with E-state index in [1.807, 2.05) is 0 Å². The monoisotopic (exact) mass is 484 g/mol. The van der Waals surface area contributed by atoms with Gasteiger partial charge in [0.15, 0.2) is 6.61 Å². The molecule has 1 atom stereocenters. The number of thiol groups is 1. The number of halogens is 10. The number of esters is 2. The Balaban J connectivity index is 5.40. The number of ether oxygens (including phenoxy) is 3. The summed E-state index contributed by atoms with van der Waals surface area (Å²) >= 11 is 2.38. The van der Waals surface area contributed by atoms with Crippen molar-refractivity contribution >= 4 is 24.6 Å². The molecule has 0 bridgehead atoms. The van der Waals surface area contributed by atoms with E-state index in [4.69, 9.17) is 0 Å². The Morgan fingerprint density at radius 1 is 0.933 bits per heavy atom. The summed E-state index contributed by atoms with van der Waals surface area (Å²) < 4.78 is 139. The van der Waals surface area contributed by atoms with Gasteiger partial charge in [0.05, 0.1) is 6.61 Å². The van der Waals surface area contributed by atoms with Gasteiger partial charge in [-0.2, -0.15) is 43.9 Å². The molecule has 16 heteroatoms. The summed E-state index contributed by atoms with van der Waals surface area (Å²) in [4.78, 5) is 22.8. The van der Waals surface area contributed by atoms with Crippen LogP contribution in [-0.4, -0.2) is 54.5 Å². The summed E-state index contributed by atoms with van der Waals surface area (Å²) in [6, 6.07) is 0. The fraction of sp³-hybridized carbons (Fsp3) is 0.714. The molecular formula is C14H14F10O5S. The predicted molar refractivity (Wildman–Crippen MR) is 80.8 cm³/mol. The molecule has 0 aromatic heterocycles. The highest BCUT2D eigenvalue weighted by Crippen LogP contribution is 2.41. The first-order valence-corrected chi connectivity index (χ1v) is 8.02. The van der Waals surface area contributed by atoms with Gasteiger partial charge in [-0.25, -0.2) is 9.59 Å². The van der Waals surface area contributed by atoms with Crippen LogP contribution in [0.4, 0.5) is 43.9 Å². The molecule has 0 aromatic carbocycles. The lowest BCUT2D eigenvalue weighted by atomic mass is 10.1. The predicted octanol–water partition coefficient (Wildman–Crippen LogP) is 4.42. The third-order valence-corrected chi connectivity index (χ3v) is 3.38. The zero-order chi connectivity index (χ0) is 24.0. The van der Waals surface area contributed by atoms with Crippen molar-refractivity contribution in [2.45, 2.75) is 48.6 Å². The first kappa shape index (κ1) is 28.3. The largest absolute Gasteiger partial charge is 0.468 e. The molecule has 1 unspecified atom stereocenters. The van der Waals surface area contributed by atoms with Crippen LogP contribution in [0.5, 0.6) is 0 Å². The van der Waals surface area contributed by atoms with Crippen LogP contribution in [0.3, 0.4) is 0 Å². The van der Waals surface area contributed by atoms with Crippen LogP contribution in [0.25, 0.3) is 0 Å². The fourth-order valence-corrected chi connectivity index (χ4v) is 1.74. The van der Waals surface area contributed by atoms with E-state index in [1.165, 1.54) is 0 Å². The maximum absolute atomic E-state index is 13.3. The summed E-state index contributed by atoms with van der Waals surface area (Å²) in [6.45, 7) is -1.08. The van der Waals surface area contributed by atoms with Crippen LogP contribution >= 0.6 is 12.6 Å². The first-order valence-electron chi connectivity index (χ1n) is 7.57. The lowest BCUT2D eigenvalue weighted by molar-refractivity contribution is -0.356. The van der Waals surface area contributed by atoms with Gasteiger partial charge in [-0.05, 0) is 12.8 Å². The van der Waals surface area contributed by atoms with Crippen LogP contribution in [0.2, 0.25) is 0 Å². The van der Waals surface area contributed by atoms with Crippen LogP contribution in [0.1, 0.15) is 19.3 Å². The third-order valence-electron chi connectivity index (χ3n) is 3.05. The summed E-state index contributed by atoms with van der Waals surface area (Å²) in [6.07, 6.45) is -14.4. The molecule has 0 heterocycles. The second kappa shape index (κ2) is 10.1. The smallest absolute Gasteiger partial charge is 0.451 e. The number of alkyl halides is 10. The number of hydrogen-bond acceptors (Lipinski definition) is 6. The molecule has 0 radical (unpaired) electrons. The molecule has 30 heavy (non-hydrogen) atoms. The van der Waals surface area contributed by atoms with Crippen molar-refractivity contribution in [3.05, 3.63) is 12.7 Å². The SMILES string of the molecule is C=CC(=O)OC(OCCCCC(F)(F)C(F)(F)S)(C(=O)OCC(F)(F)F)C(F)(F)F. The summed E-state index contributed by atoms with van der Waals surface area (Å²) in [5.41, 5.74) is 0. The van der Waals surface area contributed by atoms with E-state index in [2.05, 4.69) is 33.4 Å². The lowest BCUT2D eigenvalue weighted by Crippen LogP contribution is -2.58.